The van der Waals surface area contributed by atoms with E-state index < -0.39 is 9.84 Å². The van der Waals surface area contributed by atoms with Gasteiger partial charge in [0.05, 0.1) is 16.6 Å². The van der Waals surface area contributed by atoms with Crippen LogP contribution in [0.5, 0.6) is 11.5 Å². The SMILES string of the molecule is CC(C)Oc1ccc(S(C)(=O)=O)cc1C(=O)N1CCC(Oc2ccncc2)CC1. The molecule has 0 N–H and O–H groups in total. The number of pyridine rings is 1. The Morgan fingerprint density at radius 1 is 1.14 bits per heavy atom. The summed E-state index contributed by atoms with van der Waals surface area (Å²) in [5.74, 6) is 0.930. The Kier molecular flexibility index (Phi) is 6.42. The number of carbonyl (C=O) groups excluding carboxylic acids is 1. The number of benzene rings is 1. The molecule has 3 rings (SSSR count). The van der Waals surface area contributed by atoms with E-state index in [1.165, 1.54) is 12.1 Å². The number of nitrogens with zero attached hydrogens (tertiary/aromatic N) is 2. The summed E-state index contributed by atoms with van der Waals surface area (Å²) in [6, 6.07) is 8.06. The van der Waals surface area contributed by atoms with Gasteiger partial charge in [-0.1, -0.05) is 0 Å². The van der Waals surface area contributed by atoms with E-state index in [0.29, 0.717) is 31.7 Å². The van der Waals surface area contributed by atoms with Crippen LogP contribution >= 0.6 is 0 Å². The van der Waals surface area contributed by atoms with Gasteiger partial charge in [0.1, 0.15) is 17.6 Å². The van der Waals surface area contributed by atoms with Crippen molar-refractivity contribution in [3.8, 4) is 11.5 Å². The Hall–Kier alpha value is -2.61. The van der Waals surface area contributed by atoms with Crippen molar-refractivity contribution in [1.82, 2.24) is 9.88 Å². The quantitative estimate of drug-likeness (QED) is 0.717. The van der Waals surface area contributed by atoms with Gasteiger partial charge in [-0.3, -0.25) is 9.78 Å². The first kappa shape index (κ1) is 21.1. The van der Waals surface area contributed by atoms with Crippen LogP contribution in [0.25, 0.3) is 0 Å². The lowest BCUT2D eigenvalue weighted by Crippen LogP contribution is -2.42. The minimum Gasteiger partial charge on any atom is -0.490 e. The van der Waals surface area contributed by atoms with Gasteiger partial charge in [-0.15, -0.1) is 0 Å². The number of hydrogen-bond donors (Lipinski definition) is 0. The molecular weight excluding hydrogens is 392 g/mol. The summed E-state index contributed by atoms with van der Waals surface area (Å²) in [5, 5.41) is 0. The second-order valence-corrected chi connectivity index (χ2v) is 9.40. The summed E-state index contributed by atoms with van der Waals surface area (Å²) in [5.41, 5.74) is 0.273. The lowest BCUT2D eigenvalue weighted by Gasteiger charge is -2.32. The minimum atomic E-state index is -3.43. The second kappa shape index (κ2) is 8.82. The lowest BCUT2D eigenvalue weighted by molar-refractivity contribution is 0.0590. The Morgan fingerprint density at radius 2 is 1.79 bits per heavy atom. The Bertz CT molecular complexity index is 952. The Balaban J connectivity index is 1.74. The van der Waals surface area contributed by atoms with Crippen LogP contribution in [0.2, 0.25) is 0 Å². The average molecular weight is 419 g/mol. The first-order valence-corrected chi connectivity index (χ1v) is 11.5. The highest BCUT2D eigenvalue weighted by atomic mass is 32.2. The molecule has 0 aliphatic carbocycles. The normalized spacial score (nSPS) is 15.4. The molecule has 1 aliphatic heterocycles. The Labute approximate surface area is 171 Å². The fraction of sp³-hybridized carbons (Fsp3) is 0.429. The van der Waals surface area contributed by atoms with Gasteiger partial charge in [0.15, 0.2) is 9.84 Å². The molecule has 1 saturated heterocycles. The van der Waals surface area contributed by atoms with Crippen LogP contribution in [0.4, 0.5) is 0 Å². The average Bonchev–Trinajstić information content (AvgIpc) is 2.68. The van der Waals surface area contributed by atoms with Gasteiger partial charge in [-0.05, 0) is 44.2 Å². The summed E-state index contributed by atoms with van der Waals surface area (Å²) in [6.45, 7) is 4.78. The highest BCUT2D eigenvalue weighted by Gasteiger charge is 2.27. The van der Waals surface area contributed by atoms with Crippen molar-refractivity contribution in [2.45, 2.75) is 43.8 Å². The summed E-state index contributed by atoms with van der Waals surface area (Å²) in [6.07, 6.45) is 5.76. The fourth-order valence-corrected chi connectivity index (χ4v) is 3.87. The summed E-state index contributed by atoms with van der Waals surface area (Å²) in [4.78, 5) is 18.9. The summed E-state index contributed by atoms with van der Waals surface area (Å²) >= 11 is 0. The van der Waals surface area contributed by atoms with Gasteiger partial charge in [-0.2, -0.15) is 0 Å². The molecule has 0 atom stereocenters. The molecule has 29 heavy (non-hydrogen) atoms. The van der Waals surface area contributed by atoms with Crippen molar-refractivity contribution in [2.75, 3.05) is 19.3 Å². The molecule has 1 aromatic carbocycles. The molecule has 8 heteroatoms. The number of likely N-dealkylation sites (tertiary alicyclic amines) is 1. The third-order valence-corrected chi connectivity index (χ3v) is 5.76. The zero-order valence-electron chi connectivity index (χ0n) is 16.9. The molecule has 0 radical (unpaired) electrons. The van der Waals surface area contributed by atoms with Crippen LogP contribution in [0.3, 0.4) is 0 Å². The maximum atomic E-state index is 13.1. The van der Waals surface area contributed by atoms with E-state index >= 15 is 0 Å². The van der Waals surface area contributed by atoms with E-state index in [1.807, 2.05) is 26.0 Å². The van der Waals surface area contributed by atoms with Crippen molar-refractivity contribution in [2.24, 2.45) is 0 Å². The zero-order valence-corrected chi connectivity index (χ0v) is 17.7. The van der Waals surface area contributed by atoms with Crippen molar-refractivity contribution in [3.05, 3.63) is 48.3 Å². The molecule has 0 bridgehead atoms. The smallest absolute Gasteiger partial charge is 0.257 e. The minimum absolute atomic E-state index is 0.0233. The first-order valence-electron chi connectivity index (χ1n) is 9.61. The van der Waals surface area contributed by atoms with E-state index in [2.05, 4.69) is 4.98 Å². The predicted octanol–water partition coefficient (Wildman–Crippen LogP) is 2.96. The molecule has 0 unspecified atom stereocenters. The monoisotopic (exact) mass is 418 g/mol. The van der Waals surface area contributed by atoms with E-state index in [4.69, 9.17) is 9.47 Å². The van der Waals surface area contributed by atoms with Gasteiger partial charge >= 0.3 is 0 Å². The van der Waals surface area contributed by atoms with Crippen LogP contribution < -0.4 is 9.47 Å². The maximum Gasteiger partial charge on any atom is 0.257 e. The topological polar surface area (TPSA) is 85.8 Å². The predicted molar refractivity (Wildman–Crippen MR) is 109 cm³/mol. The Morgan fingerprint density at radius 3 is 2.38 bits per heavy atom. The molecule has 2 aromatic rings. The van der Waals surface area contributed by atoms with E-state index in [1.54, 1.807) is 23.4 Å². The largest absolute Gasteiger partial charge is 0.490 e. The van der Waals surface area contributed by atoms with Crippen molar-refractivity contribution in [3.63, 3.8) is 0 Å². The number of hydrogen-bond acceptors (Lipinski definition) is 6. The van der Waals surface area contributed by atoms with Crippen LogP contribution in [0, 0.1) is 0 Å². The van der Waals surface area contributed by atoms with Crippen molar-refractivity contribution in [1.29, 1.82) is 0 Å². The van der Waals surface area contributed by atoms with Gasteiger partial charge in [0.2, 0.25) is 0 Å². The number of sulfone groups is 1. The van der Waals surface area contributed by atoms with Gasteiger partial charge in [0, 0.05) is 44.6 Å². The summed E-state index contributed by atoms with van der Waals surface area (Å²) in [7, 11) is -3.43. The standard InChI is InChI=1S/C21H26N2O5S/c1-15(2)27-20-5-4-18(29(3,25)26)14-19(20)21(24)23-12-8-17(9-13-23)28-16-6-10-22-11-7-16/h4-7,10-11,14-15,17H,8-9,12-13H2,1-3H3. The first-order chi connectivity index (χ1) is 13.7. The van der Waals surface area contributed by atoms with E-state index in [-0.39, 0.29) is 28.6 Å². The van der Waals surface area contributed by atoms with Gasteiger partial charge in [0.25, 0.3) is 5.91 Å². The third kappa shape index (κ3) is 5.47. The lowest BCUT2D eigenvalue weighted by atomic mass is 10.1. The van der Waals surface area contributed by atoms with E-state index in [0.717, 1.165) is 12.0 Å². The number of piperidine rings is 1. The van der Waals surface area contributed by atoms with Crippen LogP contribution in [-0.2, 0) is 9.84 Å². The number of rotatable bonds is 6. The highest BCUT2D eigenvalue weighted by molar-refractivity contribution is 7.90. The number of carbonyl (C=O) groups is 1. The molecule has 0 saturated carbocycles. The van der Waals surface area contributed by atoms with Crippen molar-refractivity contribution < 1.29 is 22.7 Å². The van der Waals surface area contributed by atoms with Crippen LogP contribution in [0.1, 0.15) is 37.0 Å². The number of amides is 1. The highest BCUT2D eigenvalue weighted by Crippen LogP contribution is 2.27. The molecular formula is C21H26N2O5S. The molecule has 1 aromatic heterocycles. The molecule has 0 spiro atoms. The molecule has 7 nitrogen and oxygen atoms in total. The molecule has 2 heterocycles. The molecule has 1 fully saturated rings. The molecule has 156 valence electrons. The third-order valence-electron chi connectivity index (χ3n) is 4.65. The summed E-state index contributed by atoms with van der Waals surface area (Å²) < 4.78 is 35.6. The number of ether oxygens (including phenoxy) is 2. The molecule has 1 aliphatic rings. The fourth-order valence-electron chi connectivity index (χ4n) is 3.22. The zero-order chi connectivity index (χ0) is 21.0. The number of aromatic nitrogens is 1. The van der Waals surface area contributed by atoms with Crippen molar-refractivity contribution >= 4 is 15.7 Å². The van der Waals surface area contributed by atoms with Crippen LogP contribution in [-0.4, -0.2) is 55.8 Å². The van der Waals surface area contributed by atoms with Gasteiger partial charge < -0.3 is 14.4 Å². The second-order valence-electron chi connectivity index (χ2n) is 7.39. The van der Waals surface area contributed by atoms with Gasteiger partial charge in [-0.25, -0.2) is 8.42 Å². The van der Waals surface area contributed by atoms with E-state index in [9.17, 15) is 13.2 Å². The maximum absolute atomic E-state index is 13.1. The van der Waals surface area contributed by atoms with Crippen LogP contribution in [0.15, 0.2) is 47.6 Å². The molecule has 1 amide bonds.